The third-order valence-electron chi connectivity index (χ3n) is 9.40. The molecule has 34 heavy (non-hydrogen) atoms. The number of carbonyl (C=O) groups excluding carboxylic acids is 1. The molecule has 4 atom stereocenters. The quantitative estimate of drug-likeness (QED) is 0.239. The van der Waals surface area contributed by atoms with Crippen LogP contribution < -0.4 is 9.47 Å². The summed E-state index contributed by atoms with van der Waals surface area (Å²) in [4.78, 5) is 15.2. The second-order valence-electron chi connectivity index (χ2n) is 11.5. The molecule has 0 unspecified atom stereocenters. The number of hydrogen-bond donors (Lipinski definition) is 1. The van der Waals surface area contributed by atoms with Gasteiger partial charge in [-0.15, -0.1) is 0 Å². The van der Waals surface area contributed by atoms with Crippen molar-refractivity contribution < 1.29 is 19.4 Å². The Morgan fingerprint density at radius 2 is 2.06 bits per heavy atom. The molecule has 2 aliphatic heterocycles. The summed E-state index contributed by atoms with van der Waals surface area (Å²) in [7, 11) is 0. The Balaban J connectivity index is 1.31. The molecule has 5 nitrogen and oxygen atoms in total. The maximum atomic E-state index is 12.7. The van der Waals surface area contributed by atoms with E-state index in [1.54, 1.807) is 0 Å². The minimum Gasteiger partial charge on any atom is -0.481 e. The van der Waals surface area contributed by atoms with Crippen LogP contribution >= 0.6 is 0 Å². The molecule has 1 N–H and O–H groups in total. The lowest BCUT2D eigenvalue weighted by atomic mass is 9.48. The zero-order chi connectivity index (χ0) is 23.5. The molecule has 0 aromatic heterocycles. The van der Waals surface area contributed by atoms with Gasteiger partial charge in [0.05, 0.1) is 11.0 Å². The Bertz CT molecular complexity index is 1000. The standard InChI is InChI=1S/C29H39NO4/c1-3-4-5-6-7-8-24(31)33-22-12-11-21-17-23-29(32)14-13-19(2)27-28(29,25(21)26(22)34-27)15-16-30(23)18-20-9-10-20/h11-12,20,23,27,32H,2-10,13-18H2,1H3/t23-,27+,28+,29-/m1/s1. The third kappa shape index (κ3) is 3.30. The SMILES string of the molecule is C=C1CC[C@@]2(O)[C@H]3Cc4ccc(OC(=O)CCCCCCC)c5c4[C@@]2(CCN3CC2CC2)[C@H]1O5. The summed E-state index contributed by atoms with van der Waals surface area (Å²) >= 11 is 0. The van der Waals surface area contributed by atoms with Gasteiger partial charge in [-0.3, -0.25) is 9.69 Å². The zero-order valence-corrected chi connectivity index (χ0v) is 20.6. The van der Waals surface area contributed by atoms with E-state index >= 15 is 0 Å². The largest absolute Gasteiger partial charge is 0.481 e. The molecule has 6 rings (SSSR count). The Kier molecular flexibility index (Phi) is 5.57. The lowest BCUT2D eigenvalue weighted by Gasteiger charge is -2.63. The topological polar surface area (TPSA) is 59.0 Å². The Morgan fingerprint density at radius 3 is 2.85 bits per heavy atom. The van der Waals surface area contributed by atoms with E-state index in [-0.39, 0.29) is 18.1 Å². The van der Waals surface area contributed by atoms with Crippen LogP contribution in [-0.4, -0.2) is 46.8 Å². The lowest BCUT2D eigenvalue weighted by Crippen LogP contribution is -2.75. The number of nitrogens with zero attached hydrogens (tertiary/aromatic N) is 1. The molecule has 3 aliphatic carbocycles. The van der Waals surface area contributed by atoms with Gasteiger partial charge < -0.3 is 14.6 Å². The molecule has 184 valence electrons. The van der Waals surface area contributed by atoms with Gasteiger partial charge in [-0.2, -0.15) is 0 Å². The molecule has 1 aromatic carbocycles. The lowest BCUT2D eigenvalue weighted by molar-refractivity contribution is -0.174. The van der Waals surface area contributed by atoms with E-state index in [0.29, 0.717) is 17.9 Å². The molecule has 2 heterocycles. The molecule has 3 fully saturated rings. The minimum absolute atomic E-state index is 0.121. The van der Waals surface area contributed by atoms with Crippen molar-refractivity contribution in [1.82, 2.24) is 4.90 Å². The number of likely N-dealkylation sites (tertiary alicyclic amines) is 1. The van der Waals surface area contributed by atoms with Crippen molar-refractivity contribution >= 4 is 5.97 Å². The highest BCUT2D eigenvalue weighted by Gasteiger charge is 2.72. The Morgan fingerprint density at radius 1 is 1.24 bits per heavy atom. The summed E-state index contributed by atoms with van der Waals surface area (Å²) in [6.45, 7) is 8.66. The van der Waals surface area contributed by atoms with Crippen LogP contribution in [0.2, 0.25) is 0 Å². The van der Waals surface area contributed by atoms with Gasteiger partial charge in [-0.25, -0.2) is 0 Å². The minimum atomic E-state index is -0.827. The molecular weight excluding hydrogens is 426 g/mol. The van der Waals surface area contributed by atoms with Crippen molar-refractivity contribution in [3.8, 4) is 11.5 Å². The summed E-state index contributed by atoms with van der Waals surface area (Å²) in [5.41, 5.74) is 2.12. The smallest absolute Gasteiger partial charge is 0.311 e. The number of unbranched alkanes of at least 4 members (excludes halogenated alkanes) is 4. The first-order chi connectivity index (χ1) is 16.5. The van der Waals surface area contributed by atoms with Crippen LogP contribution in [-0.2, 0) is 16.6 Å². The molecule has 2 saturated carbocycles. The first kappa shape index (κ1) is 22.6. The summed E-state index contributed by atoms with van der Waals surface area (Å²) < 4.78 is 12.5. The first-order valence-electron chi connectivity index (χ1n) is 13.7. The molecule has 1 saturated heterocycles. The molecular formula is C29H39NO4. The highest BCUT2D eigenvalue weighted by molar-refractivity contribution is 5.75. The van der Waals surface area contributed by atoms with E-state index in [4.69, 9.17) is 9.47 Å². The first-order valence-corrected chi connectivity index (χ1v) is 13.7. The van der Waals surface area contributed by atoms with Crippen LogP contribution in [0.25, 0.3) is 0 Å². The van der Waals surface area contributed by atoms with Crippen molar-refractivity contribution in [3.05, 3.63) is 35.4 Å². The summed E-state index contributed by atoms with van der Waals surface area (Å²) in [6.07, 6.45) is 11.6. The highest BCUT2D eigenvalue weighted by atomic mass is 16.6. The van der Waals surface area contributed by atoms with Gasteiger partial charge in [0.2, 0.25) is 0 Å². The number of carbonyl (C=O) groups is 1. The molecule has 0 amide bonds. The fraction of sp³-hybridized carbons (Fsp3) is 0.690. The van der Waals surface area contributed by atoms with Gasteiger partial charge in [0.25, 0.3) is 0 Å². The average Bonchev–Trinajstić information content (AvgIpc) is 3.56. The van der Waals surface area contributed by atoms with Crippen LogP contribution in [0, 0.1) is 5.92 Å². The Hall–Kier alpha value is -1.85. The van der Waals surface area contributed by atoms with Crippen molar-refractivity contribution in [2.24, 2.45) is 5.92 Å². The van der Waals surface area contributed by atoms with E-state index in [1.807, 2.05) is 6.07 Å². The van der Waals surface area contributed by atoms with Crippen LogP contribution in [0.4, 0.5) is 0 Å². The molecule has 0 radical (unpaired) electrons. The van der Waals surface area contributed by atoms with Gasteiger partial charge in [-0.1, -0.05) is 45.3 Å². The van der Waals surface area contributed by atoms with Gasteiger partial charge in [-0.05, 0) is 74.6 Å². The summed E-state index contributed by atoms with van der Waals surface area (Å²) in [5, 5.41) is 12.4. The maximum Gasteiger partial charge on any atom is 0.311 e. The van der Waals surface area contributed by atoms with Crippen molar-refractivity contribution in [2.75, 3.05) is 13.1 Å². The summed E-state index contributed by atoms with van der Waals surface area (Å²) in [5.74, 6) is 1.82. The molecule has 5 heteroatoms. The number of esters is 1. The fourth-order valence-corrected chi connectivity index (χ4v) is 7.51. The number of hydrogen-bond acceptors (Lipinski definition) is 5. The Labute approximate surface area is 203 Å². The molecule has 5 aliphatic rings. The highest BCUT2D eigenvalue weighted by Crippen LogP contribution is 2.66. The van der Waals surface area contributed by atoms with Gasteiger partial charge in [0.1, 0.15) is 6.10 Å². The van der Waals surface area contributed by atoms with Crippen molar-refractivity contribution in [1.29, 1.82) is 0 Å². The third-order valence-corrected chi connectivity index (χ3v) is 9.40. The van der Waals surface area contributed by atoms with Crippen LogP contribution in [0.5, 0.6) is 11.5 Å². The average molecular weight is 466 g/mol. The van der Waals surface area contributed by atoms with E-state index in [1.165, 1.54) is 37.7 Å². The molecule has 1 aromatic rings. The monoisotopic (exact) mass is 465 g/mol. The molecule has 2 bridgehead atoms. The number of ether oxygens (including phenoxy) is 2. The number of aliphatic hydroxyl groups is 1. The van der Waals surface area contributed by atoms with E-state index in [9.17, 15) is 9.90 Å². The second kappa shape index (κ2) is 8.37. The van der Waals surface area contributed by atoms with Crippen molar-refractivity contribution in [3.63, 3.8) is 0 Å². The predicted molar refractivity (Wildman–Crippen MR) is 131 cm³/mol. The second-order valence-corrected chi connectivity index (χ2v) is 11.5. The predicted octanol–water partition coefficient (Wildman–Crippen LogP) is 5.07. The molecule has 1 spiro atoms. The van der Waals surface area contributed by atoms with Crippen LogP contribution in [0.15, 0.2) is 24.3 Å². The number of piperidine rings is 1. The maximum absolute atomic E-state index is 12.7. The number of rotatable bonds is 9. The normalized spacial score (nSPS) is 33.4. The van der Waals surface area contributed by atoms with Gasteiger partial charge in [0, 0.05) is 24.6 Å². The van der Waals surface area contributed by atoms with E-state index < -0.39 is 11.0 Å². The van der Waals surface area contributed by atoms with Crippen LogP contribution in [0.3, 0.4) is 0 Å². The fourth-order valence-electron chi connectivity index (χ4n) is 7.51. The van der Waals surface area contributed by atoms with Crippen molar-refractivity contribution in [2.45, 2.75) is 107 Å². The van der Waals surface area contributed by atoms with Crippen LogP contribution in [0.1, 0.15) is 88.7 Å². The summed E-state index contributed by atoms with van der Waals surface area (Å²) in [6, 6.07) is 4.17. The number of benzene rings is 1. The van der Waals surface area contributed by atoms with Gasteiger partial charge in [0.15, 0.2) is 11.5 Å². The van der Waals surface area contributed by atoms with E-state index in [0.717, 1.165) is 68.7 Å². The van der Waals surface area contributed by atoms with Gasteiger partial charge >= 0.3 is 5.97 Å². The van der Waals surface area contributed by atoms with E-state index in [2.05, 4.69) is 24.5 Å². The zero-order valence-electron chi connectivity index (χ0n) is 20.6.